The molecule has 43 heavy (non-hydrogen) atoms. The molecule has 0 amide bonds. The maximum atomic E-state index is 14.2. The molecule has 0 spiro atoms. The van der Waals surface area contributed by atoms with E-state index in [1.165, 1.54) is 36.4 Å². The first-order valence-corrected chi connectivity index (χ1v) is 13.4. The van der Waals surface area contributed by atoms with E-state index in [9.17, 15) is 36.2 Å². The Bertz CT molecular complexity index is 1660. The number of hydrogen-bond donors (Lipinski definition) is 1. The number of ether oxygens (including phenoxy) is 2. The minimum absolute atomic E-state index is 0.00615. The number of rotatable bonds is 10. The van der Waals surface area contributed by atoms with Crippen molar-refractivity contribution in [2.45, 2.75) is 45.4 Å². The minimum Gasteiger partial charge on any atom is -0.488 e. The lowest BCUT2D eigenvalue weighted by atomic mass is 9.96. The highest BCUT2D eigenvalue weighted by Gasteiger charge is 2.36. The van der Waals surface area contributed by atoms with Gasteiger partial charge in [0.05, 0.1) is 35.3 Å². The Labute approximate surface area is 246 Å². The van der Waals surface area contributed by atoms with Crippen molar-refractivity contribution in [1.82, 2.24) is 14.5 Å². The number of carbonyl (C=O) groups is 1. The molecule has 0 saturated heterocycles. The van der Waals surface area contributed by atoms with Crippen LogP contribution in [0.4, 0.5) is 26.3 Å². The van der Waals surface area contributed by atoms with Gasteiger partial charge in [0, 0.05) is 30.2 Å². The zero-order valence-electron chi connectivity index (χ0n) is 22.3. The summed E-state index contributed by atoms with van der Waals surface area (Å²) < 4.78 is 92.8. The van der Waals surface area contributed by atoms with Gasteiger partial charge < -0.3 is 19.1 Å². The Balaban J connectivity index is 1.41. The van der Waals surface area contributed by atoms with Gasteiger partial charge in [-0.15, -0.1) is 0 Å². The molecule has 0 saturated carbocycles. The van der Waals surface area contributed by atoms with E-state index in [2.05, 4.69) is 9.72 Å². The van der Waals surface area contributed by atoms with Gasteiger partial charge in [-0.25, -0.2) is 14.2 Å². The minimum atomic E-state index is -4.71. The molecule has 4 aromatic rings. The highest BCUT2D eigenvalue weighted by molar-refractivity contribution is 6.30. The van der Waals surface area contributed by atoms with Crippen molar-refractivity contribution in [3.8, 4) is 5.75 Å². The largest absolute Gasteiger partial charge is 0.488 e. The van der Waals surface area contributed by atoms with Gasteiger partial charge >= 0.3 is 18.8 Å². The molecule has 3 aromatic carbocycles. The zero-order valence-corrected chi connectivity index (χ0v) is 23.1. The molecule has 1 N–H and O–H groups in total. The van der Waals surface area contributed by atoms with Gasteiger partial charge in [0.2, 0.25) is 0 Å². The predicted molar refractivity (Wildman–Crippen MR) is 144 cm³/mol. The van der Waals surface area contributed by atoms with Crippen LogP contribution in [-0.4, -0.2) is 45.3 Å². The van der Waals surface area contributed by atoms with Crippen molar-refractivity contribution in [3.05, 3.63) is 93.0 Å². The fourth-order valence-corrected chi connectivity index (χ4v) is 5.18. The summed E-state index contributed by atoms with van der Waals surface area (Å²) in [6, 6.07) is 10.4. The van der Waals surface area contributed by atoms with Gasteiger partial charge in [0.1, 0.15) is 24.0 Å². The molecule has 14 heteroatoms. The van der Waals surface area contributed by atoms with Crippen LogP contribution in [-0.2, 0) is 43.6 Å². The fourth-order valence-electron chi connectivity index (χ4n) is 5.02. The SMILES string of the molecule is O=C(O)c1ccc2nc(CN3CCc4cc(C(F)(F)F)c(OCc5ccc(Cl)cc5F)cc4C3)n(CCOC(F)F)c2c1. The van der Waals surface area contributed by atoms with Crippen molar-refractivity contribution in [2.24, 2.45) is 0 Å². The molecule has 0 bridgehead atoms. The standard InChI is InChI=1S/C29H24ClF6N3O4/c30-20-3-1-18(22(31)12-20)15-43-25-11-19-13-38(6-5-16(19)9-21(25)29(34,35)36)14-26-37-23-4-2-17(27(40)41)10-24(23)39(26)7-8-42-28(32)33/h1-4,9-12,28H,5-8,13-15H2,(H,40,41). The lowest BCUT2D eigenvalue weighted by Crippen LogP contribution is -2.31. The van der Waals surface area contributed by atoms with Crippen LogP contribution in [0.15, 0.2) is 48.5 Å². The number of alkyl halides is 5. The highest BCUT2D eigenvalue weighted by Crippen LogP contribution is 2.40. The van der Waals surface area contributed by atoms with Crippen LogP contribution in [0.1, 0.15) is 38.4 Å². The molecule has 0 unspecified atom stereocenters. The average Bonchev–Trinajstić information content (AvgIpc) is 3.27. The molecule has 5 rings (SSSR count). The molecule has 2 heterocycles. The Hall–Kier alpha value is -3.81. The van der Waals surface area contributed by atoms with Crippen molar-refractivity contribution < 1.29 is 45.7 Å². The number of halogens is 7. The first-order valence-electron chi connectivity index (χ1n) is 13.0. The first-order chi connectivity index (χ1) is 20.4. The van der Waals surface area contributed by atoms with E-state index in [-0.39, 0.29) is 48.8 Å². The number of carboxylic acid groups (broad SMARTS) is 1. The van der Waals surface area contributed by atoms with Gasteiger partial charge in [0.15, 0.2) is 0 Å². The lowest BCUT2D eigenvalue weighted by molar-refractivity contribution is -0.139. The molecule has 1 aromatic heterocycles. The first kappa shape index (κ1) is 30.6. The molecule has 0 fully saturated rings. The molecule has 0 aliphatic carbocycles. The van der Waals surface area contributed by atoms with Gasteiger partial charge in [-0.3, -0.25) is 4.90 Å². The average molecular weight is 628 g/mol. The van der Waals surface area contributed by atoms with Gasteiger partial charge in [-0.05, 0) is 60.0 Å². The topological polar surface area (TPSA) is 76.8 Å². The fraction of sp³-hybridized carbons (Fsp3) is 0.310. The Morgan fingerprint density at radius 3 is 2.58 bits per heavy atom. The third-order valence-electron chi connectivity index (χ3n) is 7.09. The number of aromatic nitrogens is 2. The molecule has 228 valence electrons. The quantitative estimate of drug-likeness (QED) is 0.192. The number of carboxylic acids is 1. The van der Waals surface area contributed by atoms with Crippen molar-refractivity contribution in [1.29, 1.82) is 0 Å². The molecule has 0 radical (unpaired) electrons. The summed E-state index contributed by atoms with van der Waals surface area (Å²) in [5, 5.41) is 9.54. The van der Waals surface area contributed by atoms with Crippen LogP contribution in [0.5, 0.6) is 5.75 Å². The monoisotopic (exact) mass is 627 g/mol. The van der Waals surface area contributed by atoms with Crippen LogP contribution >= 0.6 is 11.6 Å². The number of hydrogen-bond acceptors (Lipinski definition) is 5. The maximum absolute atomic E-state index is 14.2. The van der Waals surface area contributed by atoms with Crippen LogP contribution in [0.25, 0.3) is 11.0 Å². The van der Waals surface area contributed by atoms with Crippen molar-refractivity contribution in [3.63, 3.8) is 0 Å². The van der Waals surface area contributed by atoms with Gasteiger partial charge in [0.25, 0.3) is 0 Å². The third kappa shape index (κ3) is 7.06. The van der Waals surface area contributed by atoms with Crippen LogP contribution < -0.4 is 4.74 Å². The van der Waals surface area contributed by atoms with Crippen LogP contribution in [0.3, 0.4) is 0 Å². The number of fused-ring (bicyclic) bond motifs is 2. The van der Waals surface area contributed by atoms with E-state index in [0.29, 0.717) is 34.5 Å². The Morgan fingerprint density at radius 2 is 1.88 bits per heavy atom. The van der Waals surface area contributed by atoms with Crippen molar-refractivity contribution >= 4 is 28.6 Å². The molecular formula is C29H24ClF6N3O4. The molecule has 1 aliphatic rings. The number of aromatic carboxylic acids is 1. The normalized spacial score (nSPS) is 14.0. The molecule has 7 nitrogen and oxygen atoms in total. The summed E-state index contributed by atoms with van der Waals surface area (Å²) in [7, 11) is 0. The van der Waals surface area contributed by atoms with Gasteiger partial charge in [-0.1, -0.05) is 17.7 Å². The second-order valence-corrected chi connectivity index (χ2v) is 10.4. The van der Waals surface area contributed by atoms with E-state index in [4.69, 9.17) is 16.3 Å². The van der Waals surface area contributed by atoms with Crippen LogP contribution in [0, 0.1) is 5.82 Å². The second kappa shape index (κ2) is 12.4. The molecular weight excluding hydrogens is 604 g/mol. The third-order valence-corrected chi connectivity index (χ3v) is 7.33. The maximum Gasteiger partial charge on any atom is 0.419 e. The number of benzene rings is 3. The smallest absolute Gasteiger partial charge is 0.419 e. The van der Waals surface area contributed by atoms with E-state index in [1.807, 2.05) is 4.90 Å². The summed E-state index contributed by atoms with van der Waals surface area (Å²) in [5.41, 5.74) is 0.996. The number of imidazole rings is 1. The predicted octanol–water partition coefficient (Wildman–Crippen LogP) is 6.92. The summed E-state index contributed by atoms with van der Waals surface area (Å²) in [6.07, 6.45) is -4.43. The second-order valence-electron chi connectivity index (χ2n) is 9.92. The Kier molecular flexibility index (Phi) is 8.86. The zero-order chi connectivity index (χ0) is 30.9. The number of nitrogens with zero attached hydrogens (tertiary/aromatic N) is 3. The summed E-state index contributed by atoms with van der Waals surface area (Å²) in [5.74, 6) is -1.87. The lowest BCUT2D eigenvalue weighted by Gasteiger charge is -2.30. The van der Waals surface area contributed by atoms with E-state index in [1.54, 1.807) is 4.57 Å². The Morgan fingerprint density at radius 1 is 1.09 bits per heavy atom. The summed E-state index contributed by atoms with van der Waals surface area (Å²) >= 11 is 5.76. The van der Waals surface area contributed by atoms with E-state index in [0.717, 1.165) is 12.1 Å². The summed E-state index contributed by atoms with van der Waals surface area (Å²) in [6.45, 7) is -3.03. The summed E-state index contributed by atoms with van der Waals surface area (Å²) in [4.78, 5) is 18.0. The van der Waals surface area contributed by atoms with Crippen LogP contribution in [0.2, 0.25) is 5.02 Å². The molecule has 0 atom stereocenters. The van der Waals surface area contributed by atoms with Crippen molar-refractivity contribution in [2.75, 3.05) is 13.2 Å². The van der Waals surface area contributed by atoms with Gasteiger partial charge in [-0.2, -0.15) is 22.0 Å². The van der Waals surface area contributed by atoms with E-state index < -0.39 is 42.5 Å². The molecule has 1 aliphatic heterocycles. The highest BCUT2D eigenvalue weighted by atomic mass is 35.5. The van der Waals surface area contributed by atoms with E-state index >= 15 is 0 Å².